The summed E-state index contributed by atoms with van der Waals surface area (Å²) in [6, 6.07) is 1.33. The smallest absolute Gasteiger partial charge is 0.351 e. The predicted molar refractivity (Wildman–Crippen MR) is 90.0 cm³/mol. The second kappa shape index (κ2) is 5.50. The highest BCUT2D eigenvalue weighted by atomic mass is 16.6. The van der Waals surface area contributed by atoms with Gasteiger partial charge in [-0.05, 0) is 19.4 Å². The van der Waals surface area contributed by atoms with E-state index in [9.17, 15) is 9.90 Å². The Morgan fingerprint density at radius 2 is 2.32 bits per heavy atom. The minimum atomic E-state index is -0.755. The summed E-state index contributed by atoms with van der Waals surface area (Å²) in [4.78, 5) is 26.4. The van der Waals surface area contributed by atoms with Crippen LogP contribution in [0.15, 0.2) is 29.6 Å². The largest absolute Gasteiger partial charge is 0.388 e. The Bertz CT molecular complexity index is 857. The number of nitrogen functional groups attached to an aromatic ring is 1. The number of rotatable bonds is 3. The number of nitrogens with two attached hydrogens (primary N) is 1. The molecule has 0 aromatic carbocycles. The molecule has 0 saturated carbocycles. The van der Waals surface area contributed by atoms with Gasteiger partial charge in [0.05, 0.1) is 6.54 Å². The lowest BCUT2D eigenvalue weighted by atomic mass is 9.96. The van der Waals surface area contributed by atoms with Crippen molar-refractivity contribution in [1.29, 1.82) is 0 Å². The summed E-state index contributed by atoms with van der Waals surface area (Å²) >= 11 is 0. The van der Waals surface area contributed by atoms with Crippen LogP contribution in [0.3, 0.4) is 0 Å². The molecule has 4 atom stereocenters. The lowest BCUT2D eigenvalue weighted by Crippen LogP contribution is -2.48. The van der Waals surface area contributed by atoms with Crippen molar-refractivity contribution in [2.24, 2.45) is 0 Å². The molecule has 9 nitrogen and oxygen atoms in total. The van der Waals surface area contributed by atoms with E-state index in [-0.39, 0.29) is 5.82 Å². The Balaban J connectivity index is 1.80. The Morgan fingerprint density at radius 1 is 1.52 bits per heavy atom. The summed E-state index contributed by atoms with van der Waals surface area (Å²) < 4.78 is 7.58. The van der Waals surface area contributed by atoms with Crippen molar-refractivity contribution in [2.45, 2.75) is 44.2 Å². The van der Waals surface area contributed by atoms with E-state index < -0.39 is 29.7 Å². The number of ether oxygens (including phenoxy) is 1. The Labute approximate surface area is 144 Å². The van der Waals surface area contributed by atoms with Gasteiger partial charge in [-0.2, -0.15) is 4.98 Å². The third-order valence-corrected chi connectivity index (χ3v) is 5.21. The fourth-order valence-corrected chi connectivity index (χ4v) is 3.77. The van der Waals surface area contributed by atoms with Crippen LogP contribution in [0.1, 0.15) is 25.1 Å². The van der Waals surface area contributed by atoms with Gasteiger partial charge in [0.2, 0.25) is 0 Å². The number of anilines is 2. The van der Waals surface area contributed by atoms with E-state index in [0.29, 0.717) is 24.3 Å². The maximum absolute atomic E-state index is 12.4. The highest BCUT2D eigenvalue weighted by Crippen LogP contribution is 2.48. The molecule has 2 aliphatic rings. The van der Waals surface area contributed by atoms with Gasteiger partial charge in [0, 0.05) is 18.0 Å². The minimum absolute atomic E-state index is 0.197. The number of hydrogen-bond donors (Lipinski definition) is 2. The maximum atomic E-state index is 12.4. The van der Waals surface area contributed by atoms with Crippen LogP contribution >= 0.6 is 0 Å². The summed E-state index contributed by atoms with van der Waals surface area (Å²) in [6.45, 7) is 4.24. The summed E-state index contributed by atoms with van der Waals surface area (Å²) in [5.74, 6) is 0.888. The van der Waals surface area contributed by atoms with Crippen LogP contribution < -0.4 is 16.3 Å². The van der Waals surface area contributed by atoms with Crippen molar-refractivity contribution in [3.05, 3.63) is 40.8 Å². The molecule has 9 heteroatoms. The molecule has 0 spiro atoms. The molecule has 3 N–H and O–H groups in total. The van der Waals surface area contributed by atoms with Crippen LogP contribution in [0.4, 0.5) is 11.6 Å². The number of nitrogens with zero attached hydrogens (tertiary/aromatic N) is 5. The first-order valence-corrected chi connectivity index (χ1v) is 8.20. The Hall–Kier alpha value is -2.52. The number of aryl methyl sites for hydroxylation is 1. The fourth-order valence-electron chi connectivity index (χ4n) is 3.77. The van der Waals surface area contributed by atoms with Crippen LogP contribution in [-0.4, -0.2) is 48.9 Å². The summed E-state index contributed by atoms with van der Waals surface area (Å²) in [6.07, 6.45) is 3.93. The van der Waals surface area contributed by atoms with Crippen LogP contribution in [0, 0.1) is 6.92 Å². The molecule has 4 rings (SSSR count). The monoisotopic (exact) mass is 344 g/mol. The third kappa shape index (κ3) is 2.23. The van der Waals surface area contributed by atoms with Crippen LogP contribution in [0.2, 0.25) is 0 Å². The number of aliphatic hydroxyl groups excluding tert-OH is 1. The topological polar surface area (TPSA) is 119 Å². The normalized spacial score (nSPS) is 30.8. The van der Waals surface area contributed by atoms with Crippen molar-refractivity contribution < 1.29 is 9.84 Å². The molecule has 2 saturated heterocycles. The zero-order valence-corrected chi connectivity index (χ0v) is 14.0. The second-order valence-electron chi connectivity index (χ2n) is 6.56. The van der Waals surface area contributed by atoms with Crippen LogP contribution in [0.5, 0.6) is 0 Å². The average Bonchev–Trinajstić information content (AvgIpc) is 3.07. The highest BCUT2D eigenvalue weighted by Gasteiger charge is 2.63. The van der Waals surface area contributed by atoms with Crippen LogP contribution in [-0.2, 0) is 4.74 Å². The van der Waals surface area contributed by atoms with Gasteiger partial charge < -0.3 is 20.5 Å². The lowest BCUT2D eigenvalue weighted by Gasteiger charge is -2.37. The van der Waals surface area contributed by atoms with E-state index in [4.69, 9.17) is 10.5 Å². The zero-order chi connectivity index (χ0) is 17.8. The van der Waals surface area contributed by atoms with Gasteiger partial charge in [-0.3, -0.25) is 4.57 Å². The van der Waals surface area contributed by atoms with Gasteiger partial charge >= 0.3 is 5.69 Å². The van der Waals surface area contributed by atoms with Crippen molar-refractivity contribution >= 4 is 11.6 Å². The van der Waals surface area contributed by atoms with Crippen molar-refractivity contribution in [3.8, 4) is 0 Å². The molecule has 0 unspecified atom stereocenters. The number of hydrogen-bond acceptors (Lipinski definition) is 8. The molecular weight excluding hydrogens is 324 g/mol. The van der Waals surface area contributed by atoms with Gasteiger partial charge in [0.15, 0.2) is 6.23 Å². The van der Waals surface area contributed by atoms with E-state index in [1.165, 1.54) is 10.9 Å². The second-order valence-corrected chi connectivity index (χ2v) is 6.56. The lowest BCUT2D eigenvalue weighted by molar-refractivity contribution is -0.106. The number of aromatic nitrogens is 4. The first-order valence-electron chi connectivity index (χ1n) is 8.20. The third-order valence-electron chi connectivity index (χ3n) is 5.21. The zero-order valence-electron chi connectivity index (χ0n) is 14.0. The first-order chi connectivity index (χ1) is 12.0. The fraction of sp³-hybridized carbons (Fsp3) is 0.500. The van der Waals surface area contributed by atoms with Gasteiger partial charge in [-0.15, -0.1) is 0 Å². The van der Waals surface area contributed by atoms with E-state index in [2.05, 4.69) is 15.0 Å². The van der Waals surface area contributed by atoms with E-state index in [1.54, 1.807) is 25.4 Å². The van der Waals surface area contributed by atoms with Gasteiger partial charge in [-0.1, -0.05) is 6.92 Å². The van der Waals surface area contributed by atoms with Crippen molar-refractivity contribution in [2.75, 3.05) is 17.2 Å². The van der Waals surface area contributed by atoms with Crippen molar-refractivity contribution in [1.82, 2.24) is 19.5 Å². The maximum Gasteiger partial charge on any atom is 0.351 e. The summed E-state index contributed by atoms with van der Waals surface area (Å²) in [5, 5.41) is 10.9. The molecule has 2 aromatic heterocycles. The number of aliphatic hydroxyl groups is 1. The molecule has 0 amide bonds. The van der Waals surface area contributed by atoms with Crippen LogP contribution in [0.25, 0.3) is 0 Å². The Kier molecular flexibility index (Phi) is 3.51. The van der Waals surface area contributed by atoms with Gasteiger partial charge in [0.25, 0.3) is 0 Å². The van der Waals surface area contributed by atoms with E-state index >= 15 is 0 Å². The molecule has 4 heterocycles. The van der Waals surface area contributed by atoms with Crippen molar-refractivity contribution in [3.63, 3.8) is 0 Å². The molecule has 0 aliphatic carbocycles. The average molecular weight is 344 g/mol. The SMILES string of the molecule is CC[C@@]12CN(c3ccncn3)[C@@H]([C@H](n3cc(C)c(N)nc3=O)O1)[C@@H]2O. The number of morpholine rings is 1. The minimum Gasteiger partial charge on any atom is -0.388 e. The standard InChI is InChI=1S/C16H20N6O3/c1-3-16-7-22(10-4-5-18-8-19-10)11(12(16)23)14(25-16)21-6-9(2)13(17)20-15(21)24/h4-6,8,11-12,14,23H,3,7H2,1-2H3,(H2,17,20,24)/t11-,12+,14-,16+/m1/s1. The molecule has 0 radical (unpaired) electrons. The first kappa shape index (κ1) is 16.0. The number of fused-ring (bicyclic) bond motifs is 2. The molecule has 2 fully saturated rings. The van der Waals surface area contributed by atoms with E-state index in [0.717, 1.165) is 0 Å². The molecule has 2 aliphatic heterocycles. The molecule has 2 aromatic rings. The quantitative estimate of drug-likeness (QED) is 0.789. The summed E-state index contributed by atoms with van der Waals surface area (Å²) in [7, 11) is 0. The van der Waals surface area contributed by atoms with E-state index in [1.807, 2.05) is 11.8 Å². The molecule has 25 heavy (non-hydrogen) atoms. The Morgan fingerprint density at radius 3 is 2.96 bits per heavy atom. The van der Waals surface area contributed by atoms with Gasteiger partial charge in [-0.25, -0.2) is 14.8 Å². The highest BCUT2D eigenvalue weighted by molar-refractivity contribution is 5.45. The summed E-state index contributed by atoms with van der Waals surface area (Å²) in [5.41, 5.74) is 5.15. The molecule has 2 bridgehead atoms. The predicted octanol–water partition coefficient (Wildman–Crippen LogP) is -0.149. The van der Waals surface area contributed by atoms with Gasteiger partial charge in [0.1, 0.15) is 35.7 Å². The molecular formula is C16H20N6O3. The molecule has 132 valence electrons.